The molecule has 3 heterocycles. The molecule has 0 aliphatic carbocycles. The smallest absolute Gasteiger partial charge is 0.261 e. The number of aliphatic hydroxyl groups excluding tert-OH is 1. The summed E-state index contributed by atoms with van der Waals surface area (Å²) in [5.74, 6) is -0.0415. The average molecular weight is 593 g/mol. The number of pyridine rings is 1. The molecular weight excluding hydrogens is 564 g/mol. The number of nitrogens with one attached hydrogen (secondary N) is 4. The van der Waals surface area contributed by atoms with E-state index < -0.39 is 6.61 Å². The number of benzene rings is 2. The third-order valence-electron chi connectivity index (χ3n) is 6.91. The molecule has 1 saturated heterocycles. The highest BCUT2D eigenvalue weighted by Gasteiger charge is 2.22. The van der Waals surface area contributed by atoms with Gasteiger partial charge in [-0.05, 0) is 55.7 Å². The number of halogens is 1. The van der Waals surface area contributed by atoms with Gasteiger partial charge in [0.1, 0.15) is 18.0 Å². The summed E-state index contributed by atoms with van der Waals surface area (Å²) in [6, 6.07) is 13.0. The third-order valence-corrected chi connectivity index (χ3v) is 7.41. The summed E-state index contributed by atoms with van der Waals surface area (Å²) < 4.78 is 0.819. The van der Waals surface area contributed by atoms with Crippen LogP contribution in [0.15, 0.2) is 57.9 Å². The third kappa shape index (κ3) is 5.89. The molecule has 0 bridgehead atoms. The number of aliphatic hydroxyl groups is 1. The van der Waals surface area contributed by atoms with Crippen LogP contribution >= 0.6 is 15.9 Å². The van der Waals surface area contributed by atoms with Gasteiger partial charge in [-0.25, -0.2) is 4.98 Å². The van der Waals surface area contributed by atoms with Crippen molar-refractivity contribution in [3.8, 4) is 11.4 Å². The van der Waals surface area contributed by atoms with Gasteiger partial charge in [-0.1, -0.05) is 28.1 Å². The average Bonchev–Trinajstić information content (AvgIpc) is 3.36. The Hall–Kier alpha value is -3.96. The summed E-state index contributed by atoms with van der Waals surface area (Å²) in [5, 5.41) is 14.9. The zero-order chi connectivity index (χ0) is 27.5. The van der Waals surface area contributed by atoms with Crippen LogP contribution in [0.2, 0.25) is 0 Å². The second-order valence-corrected chi connectivity index (χ2v) is 10.5. The van der Waals surface area contributed by atoms with Crippen LogP contribution in [0.1, 0.15) is 28.8 Å². The first-order valence-corrected chi connectivity index (χ1v) is 13.5. The van der Waals surface area contributed by atoms with Gasteiger partial charge in [-0.3, -0.25) is 14.4 Å². The summed E-state index contributed by atoms with van der Waals surface area (Å²) in [4.78, 5) is 50.2. The van der Waals surface area contributed by atoms with Crippen molar-refractivity contribution in [3.63, 3.8) is 0 Å². The van der Waals surface area contributed by atoms with E-state index in [1.807, 2.05) is 19.1 Å². The molecule has 39 heavy (non-hydrogen) atoms. The van der Waals surface area contributed by atoms with Crippen molar-refractivity contribution < 1.29 is 14.7 Å². The Bertz CT molecular complexity index is 1590. The molecule has 0 radical (unpaired) electrons. The Morgan fingerprint density at radius 1 is 1.18 bits per heavy atom. The Labute approximate surface area is 233 Å². The summed E-state index contributed by atoms with van der Waals surface area (Å²) in [7, 11) is 0. The minimum Gasteiger partial charge on any atom is -0.387 e. The predicted molar refractivity (Wildman–Crippen MR) is 154 cm³/mol. The molecular formula is C28H29BrN6O4. The molecule has 10 nitrogen and oxygen atoms in total. The summed E-state index contributed by atoms with van der Waals surface area (Å²) >= 11 is 3.39. The maximum atomic E-state index is 12.9. The van der Waals surface area contributed by atoms with Gasteiger partial charge in [-0.15, -0.1) is 0 Å². The number of ketones is 1. The van der Waals surface area contributed by atoms with Gasteiger partial charge in [0.15, 0.2) is 5.78 Å². The second kappa shape index (κ2) is 11.4. The van der Waals surface area contributed by atoms with E-state index in [1.165, 1.54) is 6.20 Å². The Kier molecular flexibility index (Phi) is 7.80. The summed E-state index contributed by atoms with van der Waals surface area (Å²) in [5.41, 5.74) is 4.64. The maximum Gasteiger partial charge on any atom is 0.261 e. The number of Topliss-reactive ketones (excluding diaryl/α,β-unsaturated/α-hetero) is 1. The van der Waals surface area contributed by atoms with Crippen LogP contribution in [0.3, 0.4) is 0 Å². The molecule has 1 aliphatic heterocycles. The standard InChI is InChI=1S/C28H29BrN6O4/c1-16-11-20(35-9-6-19(7-10-35)32-24(38)15-36)13-22-26(16)34-27(33-22)25-21(5-8-30-28(25)39)31-14-23(37)17-3-2-4-18(29)12-17/h2-5,8,11-13,19,36H,6-7,9-10,14-15H2,1H3,(H,32,38)(H,33,34)(H2,30,31,39). The number of aromatic amines is 2. The number of fused-ring (bicyclic) bond motifs is 1. The SMILES string of the molecule is Cc1cc(N2CCC(NC(=O)CO)CC2)cc2[nH]c(-c3c(NCC(=O)c4cccc(Br)c4)cc[nH]c3=O)nc12. The van der Waals surface area contributed by atoms with Gasteiger partial charge in [0, 0.05) is 41.1 Å². The molecule has 5 N–H and O–H groups in total. The molecule has 5 rings (SSSR count). The number of piperidine rings is 1. The van der Waals surface area contributed by atoms with Crippen LogP contribution < -0.4 is 21.1 Å². The molecule has 1 fully saturated rings. The lowest BCUT2D eigenvalue weighted by Crippen LogP contribution is -2.45. The normalized spacial score (nSPS) is 14.0. The van der Waals surface area contributed by atoms with Crippen LogP contribution in [0, 0.1) is 6.92 Å². The van der Waals surface area contributed by atoms with Crippen molar-refractivity contribution in [1.82, 2.24) is 20.3 Å². The predicted octanol–water partition coefficient (Wildman–Crippen LogP) is 3.36. The van der Waals surface area contributed by atoms with Crippen molar-refractivity contribution >= 4 is 50.0 Å². The van der Waals surface area contributed by atoms with E-state index in [1.54, 1.807) is 24.3 Å². The lowest BCUT2D eigenvalue weighted by Gasteiger charge is -2.34. The first-order chi connectivity index (χ1) is 18.8. The van der Waals surface area contributed by atoms with Crippen LogP contribution in [0.25, 0.3) is 22.4 Å². The van der Waals surface area contributed by atoms with E-state index in [0.29, 0.717) is 22.6 Å². The fourth-order valence-electron chi connectivity index (χ4n) is 4.93. The van der Waals surface area contributed by atoms with E-state index in [-0.39, 0.29) is 29.8 Å². The number of imidazole rings is 1. The molecule has 0 unspecified atom stereocenters. The van der Waals surface area contributed by atoms with E-state index in [9.17, 15) is 14.4 Å². The first-order valence-electron chi connectivity index (χ1n) is 12.7. The van der Waals surface area contributed by atoms with Crippen molar-refractivity contribution in [2.45, 2.75) is 25.8 Å². The highest BCUT2D eigenvalue weighted by molar-refractivity contribution is 9.10. The van der Waals surface area contributed by atoms with Gasteiger partial charge in [0.2, 0.25) is 5.91 Å². The fourth-order valence-corrected chi connectivity index (χ4v) is 5.33. The summed E-state index contributed by atoms with van der Waals surface area (Å²) in [6.07, 6.45) is 3.10. The number of aromatic nitrogens is 3. The topological polar surface area (TPSA) is 143 Å². The van der Waals surface area contributed by atoms with E-state index in [2.05, 4.69) is 47.5 Å². The quantitative estimate of drug-likeness (QED) is 0.197. The number of nitrogens with zero attached hydrogens (tertiary/aromatic N) is 2. The molecule has 1 amide bonds. The number of rotatable bonds is 8. The molecule has 2 aromatic carbocycles. The number of anilines is 2. The molecule has 11 heteroatoms. The van der Waals surface area contributed by atoms with Crippen molar-refractivity contribution in [1.29, 1.82) is 0 Å². The Morgan fingerprint density at radius 2 is 1.97 bits per heavy atom. The van der Waals surface area contributed by atoms with E-state index in [0.717, 1.165) is 52.7 Å². The molecule has 2 aromatic heterocycles. The van der Waals surface area contributed by atoms with Crippen LogP contribution in [0.4, 0.5) is 11.4 Å². The molecule has 1 aliphatic rings. The number of H-pyrrole nitrogens is 2. The minimum atomic E-state index is -0.499. The van der Waals surface area contributed by atoms with E-state index in [4.69, 9.17) is 10.1 Å². The van der Waals surface area contributed by atoms with Gasteiger partial charge in [0.25, 0.3) is 5.56 Å². The monoisotopic (exact) mass is 592 g/mol. The summed E-state index contributed by atoms with van der Waals surface area (Å²) in [6.45, 7) is 3.03. The first kappa shape index (κ1) is 26.6. The molecule has 4 aromatic rings. The number of carbonyl (C=O) groups is 2. The zero-order valence-electron chi connectivity index (χ0n) is 21.4. The fraction of sp³-hybridized carbons (Fsp3) is 0.286. The molecule has 0 atom stereocenters. The Morgan fingerprint density at radius 3 is 2.72 bits per heavy atom. The van der Waals surface area contributed by atoms with Crippen molar-refractivity contribution in [3.05, 3.63) is 74.6 Å². The minimum absolute atomic E-state index is 0.0189. The van der Waals surface area contributed by atoms with Gasteiger partial charge in [0.05, 0.1) is 23.3 Å². The number of amides is 1. The number of carbonyl (C=O) groups excluding carboxylic acids is 2. The molecule has 202 valence electrons. The lowest BCUT2D eigenvalue weighted by atomic mass is 10.0. The number of aryl methyl sites for hydroxylation is 1. The van der Waals surface area contributed by atoms with Crippen LogP contribution in [0.5, 0.6) is 0 Å². The largest absolute Gasteiger partial charge is 0.387 e. The van der Waals surface area contributed by atoms with E-state index >= 15 is 0 Å². The van der Waals surface area contributed by atoms with Crippen molar-refractivity contribution in [2.24, 2.45) is 0 Å². The van der Waals surface area contributed by atoms with Gasteiger partial charge < -0.3 is 30.6 Å². The Balaban J connectivity index is 1.37. The van der Waals surface area contributed by atoms with Crippen LogP contribution in [-0.2, 0) is 4.79 Å². The molecule has 0 spiro atoms. The van der Waals surface area contributed by atoms with Gasteiger partial charge >= 0.3 is 0 Å². The van der Waals surface area contributed by atoms with Gasteiger partial charge in [-0.2, -0.15) is 0 Å². The van der Waals surface area contributed by atoms with Crippen molar-refractivity contribution in [2.75, 3.05) is 36.5 Å². The zero-order valence-corrected chi connectivity index (χ0v) is 23.0. The second-order valence-electron chi connectivity index (χ2n) is 9.61. The highest BCUT2D eigenvalue weighted by Crippen LogP contribution is 2.30. The maximum absolute atomic E-state index is 12.9. The number of hydrogen-bond donors (Lipinski definition) is 5. The number of hydrogen-bond acceptors (Lipinski definition) is 7. The van der Waals surface area contributed by atoms with Crippen LogP contribution in [-0.4, -0.2) is 64.0 Å². The molecule has 0 saturated carbocycles. The lowest BCUT2D eigenvalue weighted by molar-refractivity contribution is -0.124. The highest BCUT2D eigenvalue weighted by atomic mass is 79.9.